The van der Waals surface area contributed by atoms with Crippen LogP contribution in [0, 0.1) is 19.3 Å². The monoisotopic (exact) mass is 597 g/mol. The first-order valence-corrected chi connectivity index (χ1v) is 11.6. The molecule has 34 heavy (non-hydrogen) atoms. The minimum atomic E-state index is -5.69. The van der Waals surface area contributed by atoms with E-state index in [-0.39, 0.29) is 24.8 Å². The first kappa shape index (κ1) is 35.0. The van der Waals surface area contributed by atoms with E-state index in [4.69, 9.17) is 13.7 Å². The van der Waals surface area contributed by atoms with Crippen molar-refractivity contribution < 1.29 is 67.6 Å². The number of halogens is 9. The number of aryl methyl sites for hydroxylation is 2. The molecule has 0 unspecified atom stereocenters. The van der Waals surface area contributed by atoms with Crippen molar-refractivity contribution in [2.24, 2.45) is 8.91 Å². The van der Waals surface area contributed by atoms with Gasteiger partial charge in [0.1, 0.15) is 0 Å². The second kappa shape index (κ2) is 12.2. The van der Waals surface area contributed by atoms with Crippen LogP contribution in [0.3, 0.4) is 0 Å². The molecule has 3 nitrogen and oxygen atoms in total. The molecule has 13 heteroatoms. The molecule has 0 heterocycles. The van der Waals surface area contributed by atoms with E-state index in [2.05, 4.69) is 57.2 Å². The van der Waals surface area contributed by atoms with Crippen molar-refractivity contribution in [3.8, 4) is 0 Å². The molecule has 0 saturated heterocycles. The molecule has 2 N–H and O–H groups in total. The van der Waals surface area contributed by atoms with Crippen LogP contribution in [-0.4, -0.2) is 44.3 Å². The number of rotatable bonds is 1. The van der Waals surface area contributed by atoms with Gasteiger partial charge in [0.05, 0.1) is 0 Å². The normalized spacial score (nSPS) is 13.1. The second-order valence-electron chi connectivity index (χ2n) is 9.05. The van der Waals surface area contributed by atoms with Gasteiger partial charge in [-0.15, -0.1) is 0 Å². The van der Waals surface area contributed by atoms with Crippen LogP contribution in [0.4, 0.5) is 45.2 Å². The summed E-state index contributed by atoms with van der Waals surface area (Å²) in [6, 6.07) is 6.36. The van der Waals surface area contributed by atoms with Gasteiger partial charge in [-0.3, -0.25) is 0 Å². The summed E-state index contributed by atoms with van der Waals surface area (Å²) in [7, 11) is 0. The Hall–Kier alpha value is -1.13. The molecular formula is C21H30F9MoNO2. The van der Waals surface area contributed by atoms with Crippen molar-refractivity contribution in [3.63, 3.8) is 0 Å². The van der Waals surface area contributed by atoms with Gasteiger partial charge in [0.2, 0.25) is 0 Å². The number of benzene rings is 1. The maximum absolute atomic E-state index is 11.4. The molecule has 0 spiro atoms. The Morgan fingerprint density at radius 2 is 1.03 bits per heavy atom. The van der Waals surface area contributed by atoms with Gasteiger partial charge in [0, 0.05) is 0 Å². The van der Waals surface area contributed by atoms with E-state index in [1.807, 2.05) is 0 Å². The molecule has 0 aromatic heterocycles. The summed E-state index contributed by atoms with van der Waals surface area (Å²) < 4.78 is 109. The maximum atomic E-state index is 11.4. The third-order valence-corrected chi connectivity index (χ3v) is 6.49. The van der Waals surface area contributed by atoms with Crippen LogP contribution in [-0.2, 0) is 17.9 Å². The van der Waals surface area contributed by atoms with Crippen molar-refractivity contribution in [2.45, 2.75) is 85.1 Å². The number of aliphatic hydroxyl groups is 2. The predicted octanol–water partition coefficient (Wildman–Crippen LogP) is 7.23. The minimum absolute atomic E-state index is 0.308. The molecule has 0 saturated carbocycles. The van der Waals surface area contributed by atoms with Crippen molar-refractivity contribution >= 4 is 10.1 Å². The summed E-state index contributed by atoms with van der Waals surface area (Å²) in [6.07, 6.45) is -15.9. The number of nitrogens with zero attached hydrogens (tertiary/aromatic N) is 1. The Morgan fingerprint density at radius 1 is 0.706 bits per heavy atom. The zero-order chi connectivity index (χ0) is 28.0. The van der Waals surface area contributed by atoms with Crippen molar-refractivity contribution in [3.05, 3.63) is 29.3 Å². The zero-order valence-corrected chi connectivity index (χ0v) is 22.0. The third kappa shape index (κ3) is 12.5. The van der Waals surface area contributed by atoms with E-state index in [0.29, 0.717) is 19.3 Å². The van der Waals surface area contributed by atoms with E-state index in [1.54, 1.807) is 0 Å². The van der Waals surface area contributed by atoms with E-state index < -0.39 is 29.7 Å². The molecular weight excluding hydrogens is 565 g/mol. The zero-order valence-electron chi connectivity index (χ0n) is 20.0. The Bertz CT molecular complexity index is 790. The van der Waals surface area contributed by atoms with Crippen LogP contribution < -0.4 is 0 Å². The van der Waals surface area contributed by atoms with Crippen LogP contribution in [0.15, 0.2) is 21.7 Å². The summed E-state index contributed by atoms with van der Waals surface area (Å²) in [5, 5.41) is 16.2. The average molecular weight is 595 g/mol. The molecule has 200 valence electrons. The van der Waals surface area contributed by atoms with Crippen LogP contribution in [0.1, 0.15) is 52.7 Å². The molecule has 1 aromatic carbocycles. The van der Waals surface area contributed by atoms with Crippen molar-refractivity contribution in [2.75, 3.05) is 0 Å². The molecule has 0 aliphatic rings. The molecule has 0 atom stereocenters. The van der Waals surface area contributed by atoms with E-state index >= 15 is 0 Å². The molecule has 0 aliphatic heterocycles. The Morgan fingerprint density at radius 3 is 1.24 bits per heavy atom. The molecule has 0 bridgehead atoms. The predicted molar refractivity (Wildman–Crippen MR) is 109 cm³/mol. The van der Waals surface area contributed by atoms with Gasteiger partial charge in [-0.1, -0.05) is 0 Å². The van der Waals surface area contributed by atoms with Crippen molar-refractivity contribution in [1.82, 2.24) is 0 Å². The summed E-state index contributed by atoms with van der Waals surface area (Å²) in [5.74, 6) is 0. The second-order valence-corrected chi connectivity index (χ2v) is 10.6. The van der Waals surface area contributed by atoms with Gasteiger partial charge in [-0.2, -0.15) is 39.5 Å². The topological polar surface area (TPSA) is 52.8 Å². The average Bonchev–Trinajstić information content (AvgIpc) is 2.54. The molecule has 1 aromatic rings. The first-order valence-electron chi connectivity index (χ1n) is 9.57. The number of hydrogen-bond acceptors (Lipinski definition) is 3. The first-order chi connectivity index (χ1) is 14.6. The van der Waals surface area contributed by atoms with Crippen LogP contribution in [0.5, 0.6) is 0 Å². The summed E-state index contributed by atoms with van der Waals surface area (Å²) in [6.45, 7) is 12.0. The summed E-state index contributed by atoms with van der Waals surface area (Å²) in [5.41, 5.74) is -3.08. The van der Waals surface area contributed by atoms with Crippen molar-refractivity contribution in [1.29, 1.82) is 0 Å². The quantitative estimate of drug-likeness (QED) is 0.266. The molecule has 0 radical (unpaired) electrons. The van der Waals surface area contributed by atoms with Crippen LogP contribution in [0.2, 0.25) is 0 Å². The Labute approximate surface area is 201 Å². The molecule has 0 amide bonds. The molecule has 0 fully saturated rings. The van der Waals surface area contributed by atoms with Gasteiger partial charge < -0.3 is 10.2 Å². The fraction of sp³-hybridized carbons (Fsp3) is 0.667. The fourth-order valence-electron chi connectivity index (χ4n) is 1.35. The van der Waals surface area contributed by atoms with E-state index in [0.717, 1.165) is 0 Å². The Balaban J connectivity index is 0. The van der Waals surface area contributed by atoms with Gasteiger partial charge >= 0.3 is 119 Å². The van der Waals surface area contributed by atoms with Gasteiger partial charge in [-0.05, 0) is 20.8 Å². The SMILES string of the molecule is CC(C)(O)C(F)(F)F.CC(O)(C(F)(F)F)C(F)(F)F.Cc1cccc(C)c1[N]=[Mo]=[CH]C(C)(C)C. The summed E-state index contributed by atoms with van der Waals surface area (Å²) in [4.78, 5) is 0. The van der Waals surface area contributed by atoms with Crippen LogP contribution >= 0.6 is 0 Å². The third-order valence-electron chi connectivity index (χ3n) is 3.79. The van der Waals surface area contributed by atoms with E-state index in [1.165, 1.54) is 16.8 Å². The van der Waals surface area contributed by atoms with Gasteiger partial charge in [-0.25, -0.2) is 0 Å². The van der Waals surface area contributed by atoms with E-state index in [9.17, 15) is 39.5 Å². The summed E-state index contributed by atoms with van der Waals surface area (Å²) >= 11 is -0.355. The van der Waals surface area contributed by atoms with Crippen LogP contribution in [0.25, 0.3) is 0 Å². The van der Waals surface area contributed by atoms with Gasteiger partial charge in [0.15, 0.2) is 5.60 Å². The number of alkyl halides is 9. The molecule has 1 rings (SSSR count). The number of hydrogen-bond donors (Lipinski definition) is 2. The fourth-order valence-corrected chi connectivity index (χ4v) is 3.22. The standard InChI is InChI=1S/C8H9N.C5H10.C4H4F6O.C4H7F3O.Mo/c1-6-4-3-5-7(2)8(6)9;1-5(2,3)4;1-2(11,3(5,6)7)4(8,9)10;1-3(2,8)4(5,6)7;/h3-5H,1-2H3;1H,2-4H3;11H,1H3;8H,1-2H3;. The van der Waals surface area contributed by atoms with Gasteiger partial charge in [0.25, 0.3) is 5.60 Å². The Kier molecular flexibility index (Phi) is 12.6. The molecule has 0 aliphatic carbocycles.